The van der Waals surface area contributed by atoms with Gasteiger partial charge in [-0.15, -0.1) is 0 Å². The second kappa shape index (κ2) is 7.56. The van der Waals surface area contributed by atoms with Gasteiger partial charge >= 0.3 is 0 Å². The summed E-state index contributed by atoms with van der Waals surface area (Å²) in [5.74, 6) is 0.703. The zero-order valence-corrected chi connectivity index (χ0v) is 11.8. The van der Waals surface area contributed by atoms with Crippen molar-refractivity contribution in [2.45, 2.75) is 19.4 Å². The van der Waals surface area contributed by atoms with Crippen LogP contribution in [-0.4, -0.2) is 18.8 Å². The van der Waals surface area contributed by atoms with Gasteiger partial charge in [0.15, 0.2) is 11.5 Å². The molecule has 0 heterocycles. The van der Waals surface area contributed by atoms with E-state index < -0.39 is 0 Å². The summed E-state index contributed by atoms with van der Waals surface area (Å²) in [7, 11) is 1.55. The SMILES string of the molecule is COc1ccc(CNCCCc2ccccc2)cc1O. The highest BCUT2D eigenvalue weighted by Crippen LogP contribution is 2.25. The maximum atomic E-state index is 9.69. The predicted octanol–water partition coefficient (Wildman–Crippen LogP) is 3.12. The summed E-state index contributed by atoms with van der Waals surface area (Å²) >= 11 is 0. The van der Waals surface area contributed by atoms with Crippen LogP contribution in [0.4, 0.5) is 0 Å². The molecule has 0 saturated carbocycles. The molecule has 0 atom stereocenters. The zero-order chi connectivity index (χ0) is 14.2. The Labute approximate surface area is 120 Å². The van der Waals surface area contributed by atoms with Gasteiger partial charge in [0, 0.05) is 6.54 Å². The first kappa shape index (κ1) is 14.4. The first-order chi connectivity index (χ1) is 9.79. The zero-order valence-electron chi connectivity index (χ0n) is 11.8. The Kier molecular flexibility index (Phi) is 5.44. The molecule has 0 unspecified atom stereocenters. The molecule has 2 rings (SSSR count). The molecule has 20 heavy (non-hydrogen) atoms. The molecule has 2 aromatic rings. The second-order valence-corrected chi connectivity index (χ2v) is 4.77. The highest BCUT2D eigenvalue weighted by atomic mass is 16.5. The summed E-state index contributed by atoms with van der Waals surface area (Å²) in [6.07, 6.45) is 2.19. The normalized spacial score (nSPS) is 10.4. The van der Waals surface area contributed by atoms with Crippen molar-refractivity contribution in [2.24, 2.45) is 0 Å². The van der Waals surface area contributed by atoms with E-state index in [1.165, 1.54) is 5.56 Å². The number of ether oxygens (including phenoxy) is 1. The number of aromatic hydroxyl groups is 1. The highest BCUT2D eigenvalue weighted by molar-refractivity contribution is 5.41. The first-order valence-corrected chi connectivity index (χ1v) is 6.90. The molecule has 0 amide bonds. The average Bonchev–Trinajstić information content (AvgIpc) is 2.48. The average molecular weight is 271 g/mol. The van der Waals surface area contributed by atoms with Crippen LogP contribution < -0.4 is 10.1 Å². The standard InChI is InChI=1S/C17H21NO2/c1-20-17-10-9-15(12-16(17)19)13-18-11-5-8-14-6-3-2-4-7-14/h2-4,6-7,9-10,12,18-19H,5,8,11,13H2,1H3. The van der Waals surface area contributed by atoms with Crippen LogP contribution in [-0.2, 0) is 13.0 Å². The topological polar surface area (TPSA) is 41.5 Å². The monoisotopic (exact) mass is 271 g/mol. The summed E-state index contributed by atoms with van der Waals surface area (Å²) < 4.78 is 5.02. The minimum Gasteiger partial charge on any atom is -0.504 e. The van der Waals surface area contributed by atoms with Crippen molar-refractivity contribution in [1.82, 2.24) is 5.32 Å². The second-order valence-electron chi connectivity index (χ2n) is 4.77. The first-order valence-electron chi connectivity index (χ1n) is 6.90. The summed E-state index contributed by atoms with van der Waals surface area (Å²) in [5, 5.41) is 13.1. The fourth-order valence-corrected chi connectivity index (χ4v) is 2.14. The number of nitrogens with one attached hydrogen (secondary N) is 1. The van der Waals surface area contributed by atoms with Crippen molar-refractivity contribution >= 4 is 0 Å². The van der Waals surface area contributed by atoms with Gasteiger partial charge in [0.1, 0.15) is 0 Å². The van der Waals surface area contributed by atoms with Crippen LogP contribution in [0.5, 0.6) is 11.5 Å². The van der Waals surface area contributed by atoms with E-state index in [-0.39, 0.29) is 5.75 Å². The molecule has 0 bridgehead atoms. The summed E-state index contributed by atoms with van der Waals surface area (Å²) in [6, 6.07) is 16.0. The minimum atomic E-state index is 0.191. The highest BCUT2D eigenvalue weighted by Gasteiger charge is 2.01. The van der Waals surface area contributed by atoms with Crippen molar-refractivity contribution in [3.63, 3.8) is 0 Å². The van der Waals surface area contributed by atoms with Crippen molar-refractivity contribution in [3.05, 3.63) is 59.7 Å². The van der Waals surface area contributed by atoms with E-state index in [9.17, 15) is 5.11 Å². The van der Waals surface area contributed by atoms with Gasteiger partial charge in [0.05, 0.1) is 7.11 Å². The molecule has 0 spiro atoms. The number of phenolic OH excluding ortho intramolecular Hbond substituents is 1. The van der Waals surface area contributed by atoms with Gasteiger partial charge in [-0.25, -0.2) is 0 Å². The molecule has 0 fully saturated rings. The van der Waals surface area contributed by atoms with E-state index in [2.05, 4.69) is 29.6 Å². The third kappa shape index (κ3) is 4.28. The van der Waals surface area contributed by atoms with Gasteiger partial charge in [-0.2, -0.15) is 0 Å². The van der Waals surface area contributed by atoms with E-state index in [4.69, 9.17) is 4.74 Å². The Hall–Kier alpha value is -2.00. The van der Waals surface area contributed by atoms with Gasteiger partial charge in [-0.05, 0) is 42.6 Å². The molecule has 3 heteroatoms. The number of aryl methyl sites for hydroxylation is 1. The van der Waals surface area contributed by atoms with Crippen molar-refractivity contribution in [2.75, 3.05) is 13.7 Å². The number of hydrogen-bond donors (Lipinski definition) is 2. The molecule has 2 aromatic carbocycles. The molecule has 3 nitrogen and oxygen atoms in total. The lowest BCUT2D eigenvalue weighted by atomic mass is 10.1. The Morgan fingerprint density at radius 2 is 1.85 bits per heavy atom. The molecule has 0 aliphatic carbocycles. The predicted molar refractivity (Wildman–Crippen MR) is 81.1 cm³/mol. The van der Waals surface area contributed by atoms with Crippen LogP contribution >= 0.6 is 0 Å². The molecule has 0 radical (unpaired) electrons. The van der Waals surface area contributed by atoms with E-state index in [0.717, 1.165) is 31.5 Å². The number of rotatable bonds is 7. The lowest BCUT2D eigenvalue weighted by Gasteiger charge is -2.08. The molecule has 2 N–H and O–H groups in total. The van der Waals surface area contributed by atoms with Crippen LogP contribution in [0.3, 0.4) is 0 Å². The fraction of sp³-hybridized carbons (Fsp3) is 0.294. The third-order valence-electron chi connectivity index (χ3n) is 3.23. The lowest BCUT2D eigenvalue weighted by molar-refractivity contribution is 0.373. The molecular weight excluding hydrogens is 250 g/mol. The van der Waals surface area contributed by atoms with Crippen LogP contribution in [0.1, 0.15) is 17.5 Å². The Bertz CT molecular complexity index is 526. The van der Waals surface area contributed by atoms with Crippen LogP contribution in [0.15, 0.2) is 48.5 Å². The smallest absolute Gasteiger partial charge is 0.160 e. The Morgan fingerprint density at radius 3 is 2.55 bits per heavy atom. The maximum absolute atomic E-state index is 9.69. The van der Waals surface area contributed by atoms with Gasteiger partial charge in [0.2, 0.25) is 0 Å². The van der Waals surface area contributed by atoms with Gasteiger partial charge in [0.25, 0.3) is 0 Å². The van der Waals surface area contributed by atoms with Gasteiger partial charge in [-0.3, -0.25) is 0 Å². The van der Waals surface area contributed by atoms with Crippen molar-refractivity contribution in [3.8, 4) is 11.5 Å². The van der Waals surface area contributed by atoms with Crippen LogP contribution in [0.25, 0.3) is 0 Å². The van der Waals surface area contributed by atoms with E-state index >= 15 is 0 Å². The number of hydrogen-bond acceptors (Lipinski definition) is 3. The summed E-state index contributed by atoms with van der Waals surface area (Å²) in [5.41, 5.74) is 2.43. The third-order valence-corrected chi connectivity index (χ3v) is 3.23. The largest absolute Gasteiger partial charge is 0.504 e. The molecular formula is C17H21NO2. The minimum absolute atomic E-state index is 0.191. The molecule has 106 valence electrons. The lowest BCUT2D eigenvalue weighted by Crippen LogP contribution is -2.15. The Morgan fingerprint density at radius 1 is 1.05 bits per heavy atom. The van der Waals surface area contributed by atoms with E-state index in [0.29, 0.717) is 5.75 Å². The number of phenols is 1. The number of methoxy groups -OCH3 is 1. The number of benzene rings is 2. The van der Waals surface area contributed by atoms with Crippen molar-refractivity contribution in [1.29, 1.82) is 0 Å². The fourth-order valence-electron chi connectivity index (χ4n) is 2.14. The van der Waals surface area contributed by atoms with Gasteiger partial charge in [-0.1, -0.05) is 36.4 Å². The van der Waals surface area contributed by atoms with Crippen LogP contribution in [0.2, 0.25) is 0 Å². The van der Waals surface area contributed by atoms with Crippen LogP contribution in [0, 0.1) is 0 Å². The quantitative estimate of drug-likeness (QED) is 0.760. The van der Waals surface area contributed by atoms with E-state index in [1.807, 2.05) is 12.1 Å². The van der Waals surface area contributed by atoms with Gasteiger partial charge < -0.3 is 15.2 Å². The maximum Gasteiger partial charge on any atom is 0.160 e. The molecule has 0 aliphatic rings. The summed E-state index contributed by atoms with van der Waals surface area (Å²) in [4.78, 5) is 0. The summed E-state index contributed by atoms with van der Waals surface area (Å²) in [6.45, 7) is 1.72. The Balaban J connectivity index is 1.69. The van der Waals surface area contributed by atoms with E-state index in [1.54, 1.807) is 19.2 Å². The molecule has 0 aliphatic heterocycles. The van der Waals surface area contributed by atoms with Crippen molar-refractivity contribution < 1.29 is 9.84 Å². The molecule has 0 saturated heterocycles. The molecule has 0 aromatic heterocycles.